The van der Waals surface area contributed by atoms with Crippen LogP contribution in [0.1, 0.15) is 6.42 Å². The summed E-state index contributed by atoms with van der Waals surface area (Å²) < 4.78 is 10.6. The number of hydrogen-bond donors (Lipinski definition) is 3. The van der Waals surface area contributed by atoms with Crippen molar-refractivity contribution in [3.63, 3.8) is 0 Å². The molecule has 0 spiro atoms. The summed E-state index contributed by atoms with van der Waals surface area (Å²) in [4.78, 5) is 35.0. The molecule has 1 fully saturated rings. The third-order valence-corrected chi connectivity index (χ3v) is 4.29. The van der Waals surface area contributed by atoms with Gasteiger partial charge in [-0.1, -0.05) is 18.2 Å². The van der Waals surface area contributed by atoms with Crippen LogP contribution in [0.25, 0.3) is 0 Å². The van der Waals surface area contributed by atoms with E-state index in [-0.39, 0.29) is 18.4 Å². The van der Waals surface area contributed by atoms with E-state index in [0.717, 1.165) is 0 Å². The lowest BCUT2D eigenvalue weighted by Gasteiger charge is -2.11. The van der Waals surface area contributed by atoms with Gasteiger partial charge >= 0.3 is 5.97 Å². The van der Waals surface area contributed by atoms with Gasteiger partial charge in [0.1, 0.15) is 0 Å². The molecule has 0 saturated heterocycles. The molecule has 0 heterocycles. The molecule has 3 N–H and O–H groups in total. The highest BCUT2D eigenvalue weighted by Gasteiger charge is 2.48. The fourth-order valence-corrected chi connectivity index (χ4v) is 2.75. The second-order valence-corrected chi connectivity index (χ2v) is 6.34. The van der Waals surface area contributed by atoms with Crippen molar-refractivity contribution in [2.24, 2.45) is 11.8 Å². The number of para-hydroxylation sites is 2. The standard InChI is InChI=1S/C20H20N2O6/c1-27-16-7-2-3-8-17(16)28-11-18(23)21-12-5-4-6-13(9-12)22-19(24)14-10-15(14)20(25)26/h2-9,14-15H,10-11H2,1H3,(H,21,23)(H,22,24)(H,25,26). The van der Waals surface area contributed by atoms with Gasteiger partial charge in [0.25, 0.3) is 5.91 Å². The summed E-state index contributed by atoms with van der Waals surface area (Å²) in [5.41, 5.74) is 0.960. The molecule has 1 aliphatic carbocycles. The Balaban J connectivity index is 1.53. The first-order chi connectivity index (χ1) is 13.5. The Bertz CT molecular complexity index is 898. The number of nitrogens with one attached hydrogen (secondary N) is 2. The number of carboxylic acid groups (broad SMARTS) is 1. The molecule has 0 aromatic heterocycles. The fraction of sp³-hybridized carbons (Fsp3) is 0.250. The molecule has 28 heavy (non-hydrogen) atoms. The van der Waals surface area contributed by atoms with E-state index in [2.05, 4.69) is 10.6 Å². The molecule has 1 saturated carbocycles. The Hall–Kier alpha value is -3.55. The van der Waals surface area contributed by atoms with Crippen LogP contribution in [0.3, 0.4) is 0 Å². The SMILES string of the molecule is COc1ccccc1OCC(=O)Nc1cccc(NC(=O)C2CC2C(=O)O)c1. The smallest absolute Gasteiger partial charge is 0.307 e. The first-order valence-electron chi connectivity index (χ1n) is 8.67. The number of ether oxygens (including phenoxy) is 2. The van der Waals surface area contributed by atoms with E-state index in [9.17, 15) is 14.4 Å². The predicted octanol–water partition coefficient (Wildman–Crippen LogP) is 2.37. The van der Waals surface area contributed by atoms with Crippen LogP contribution in [0.15, 0.2) is 48.5 Å². The van der Waals surface area contributed by atoms with E-state index in [4.69, 9.17) is 14.6 Å². The van der Waals surface area contributed by atoms with Gasteiger partial charge in [-0.3, -0.25) is 14.4 Å². The number of carbonyl (C=O) groups excluding carboxylic acids is 2. The number of rotatable bonds is 8. The van der Waals surface area contributed by atoms with Crippen molar-refractivity contribution in [3.8, 4) is 11.5 Å². The van der Waals surface area contributed by atoms with Crippen LogP contribution in [0.2, 0.25) is 0 Å². The quantitative estimate of drug-likeness (QED) is 0.644. The Morgan fingerprint density at radius 3 is 2.32 bits per heavy atom. The summed E-state index contributed by atoms with van der Waals surface area (Å²) in [6.45, 7) is -0.209. The minimum atomic E-state index is -0.962. The van der Waals surface area contributed by atoms with Crippen molar-refractivity contribution in [3.05, 3.63) is 48.5 Å². The highest BCUT2D eigenvalue weighted by atomic mass is 16.5. The van der Waals surface area contributed by atoms with Gasteiger partial charge in [-0.05, 0) is 36.8 Å². The fourth-order valence-electron chi connectivity index (χ4n) is 2.75. The van der Waals surface area contributed by atoms with Gasteiger partial charge in [0, 0.05) is 11.4 Å². The highest BCUT2D eigenvalue weighted by Crippen LogP contribution is 2.39. The molecule has 0 aliphatic heterocycles. The van der Waals surface area contributed by atoms with Crippen molar-refractivity contribution >= 4 is 29.2 Å². The molecule has 8 nitrogen and oxygen atoms in total. The van der Waals surface area contributed by atoms with Gasteiger partial charge in [-0.2, -0.15) is 0 Å². The van der Waals surface area contributed by atoms with Crippen molar-refractivity contribution in [2.45, 2.75) is 6.42 Å². The van der Waals surface area contributed by atoms with Crippen molar-refractivity contribution < 1.29 is 29.0 Å². The largest absolute Gasteiger partial charge is 0.493 e. The van der Waals surface area contributed by atoms with Gasteiger partial charge in [-0.15, -0.1) is 0 Å². The van der Waals surface area contributed by atoms with E-state index in [0.29, 0.717) is 29.3 Å². The summed E-state index contributed by atoms with van der Waals surface area (Å²) in [6, 6.07) is 13.6. The molecule has 2 aromatic rings. The Morgan fingerprint density at radius 1 is 1.00 bits per heavy atom. The first kappa shape index (κ1) is 19.2. The minimum absolute atomic E-state index is 0.209. The molecule has 146 valence electrons. The number of amides is 2. The second kappa shape index (κ2) is 8.43. The monoisotopic (exact) mass is 384 g/mol. The lowest BCUT2D eigenvalue weighted by Crippen LogP contribution is -2.20. The topological polar surface area (TPSA) is 114 Å². The van der Waals surface area contributed by atoms with Gasteiger partial charge in [0.15, 0.2) is 18.1 Å². The number of methoxy groups -OCH3 is 1. The molecule has 2 unspecified atom stereocenters. The van der Waals surface area contributed by atoms with Gasteiger partial charge in [0.2, 0.25) is 5.91 Å². The van der Waals surface area contributed by atoms with Crippen LogP contribution in [-0.2, 0) is 14.4 Å². The minimum Gasteiger partial charge on any atom is -0.493 e. The third kappa shape index (κ3) is 4.79. The Morgan fingerprint density at radius 2 is 1.68 bits per heavy atom. The average molecular weight is 384 g/mol. The van der Waals surface area contributed by atoms with E-state index in [1.165, 1.54) is 7.11 Å². The molecule has 8 heteroatoms. The number of carbonyl (C=O) groups is 3. The maximum absolute atomic E-state index is 12.1. The molecule has 2 amide bonds. The van der Waals surface area contributed by atoms with E-state index in [1.54, 1.807) is 48.5 Å². The van der Waals surface area contributed by atoms with E-state index >= 15 is 0 Å². The number of hydrogen-bond acceptors (Lipinski definition) is 5. The highest BCUT2D eigenvalue weighted by molar-refractivity contribution is 5.99. The van der Waals surface area contributed by atoms with Crippen LogP contribution in [0.4, 0.5) is 11.4 Å². The normalized spacial score (nSPS) is 17.3. The summed E-state index contributed by atoms with van der Waals surface area (Å²) in [6.07, 6.45) is 0.345. The van der Waals surface area contributed by atoms with Crippen molar-refractivity contribution in [1.29, 1.82) is 0 Å². The van der Waals surface area contributed by atoms with E-state index in [1.807, 2.05) is 0 Å². The maximum atomic E-state index is 12.1. The third-order valence-electron chi connectivity index (χ3n) is 4.29. The van der Waals surface area contributed by atoms with Crippen LogP contribution in [0, 0.1) is 11.8 Å². The number of anilines is 2. The zero-order valence-electron chi connectivity index (χ0n) is 15.2. The van der Waals surface area contributed by atoms with Crippen LogP contribution in [0.5, 0.6) is 11.5 Å². The van der Waals surface area contributed by atoms with Crippen LogP contribution >= 0.6 is 0 Å². The summed E-state index contributed by atoms with van der Waals surface area (Å²) in [5.74, 6) is -1.81. The lowest BCUT2D eigenvalue weighted by atomic mass is 10.2. The second-order valence-electron chi connectivity index (χ2n) is 6.34. The van der Waals surface area contributed by atoms with Gasteiger partial charge < -0.3 is 25.2 Å². The summed E-state index contributed by atoms with van der Waals surface area (Å²) in [7, 11) is 1.52. The first-order valence-corrected chi connectivity index (χ1v) is 8.67. The molecule has 2 atom stereocenters. The summed E-state index contributed by atoms with van der Waals surface area (Å²) in [5, 5.41) is 14.3. The number of carboxylic acids is 1. The molecule has 2 aromatic carbocycles. The zero-order chi connectivity index (χ0) is 20.1. The van der Waals surface area contributed by atoms with Gasteiger partial charge in [0.05, 0.1) is 18.9 Å². The lowest BCUT2D eigenvalue weighted by molar-refractivity contribution is -0.139. The predicted molar refractivity (Wildman–Crippen MR) is 101 cm³/mol. The number of aliphatic carboxylic acids is 1. The number of benzene rings is 2. The summed E-state index contributed by atoms with van der Waals surface area (Å²) >= 11 is 0. The van der Waals surface area contributed by atoms with Gasteiger partial charge in [-0.25, -0.2) is 0 Å². The Kier molecular flexibility index (Phi) is 5.78. The zero-order valence-corrected chi connectivity index (χ0v) is 15.2. The van der Waals surface area contributed by atoms with Crippen LogP contribution in [-0.4, -0.2) is 36.6 Å². The molecule has 0 radical (unpaired) electrons. The molecular formula is C20H20N2O6. The molecule has 1 aliphatic rings. The van der Waals surface area contributed by atoms with E-state index < -0.39 is 17.8 Å². The Labute approximate surface area is 161 Å². The van der Waals surface area contributed by atoms with Crippen molar-refractivity contribution in [1.82, 2.24) is 0 Å². The average Bonchev–Trinajstić information content (AvgIpc) is 3.48. The molecule has 3 rings (SSSR count). The maximum Gasteiger partial charge on any atom is 0.307 e. The van der Waals surface area contributed by atoms with Crippen molar-refractivity contribution in [2.75, 3.05) is 24.4 Å². The van der Waals surface area contributed by atoms with Crippen LogP contribution < -0.4 is 20.1 Å². The molecule has 0 bridgehead atoms. The molecular weight excluding hydrogens is 364 g/mol.